The zero-order valence-electron chi connectivity index (χ0n) is 10.5. The standard InChI is InChI=1S/C11H18O7/c1-5-7-9(8(15-3)6(4-12)16-5)18-11(2,17-7)10(13)14/h5-9,12H,4H2,1-3H3,(H,13,14)/t5-,6?,7?,8?,9?,11-/m1/s1. The molecule has 4 unspecified atom stereocenters. The van der Waals surface area contributed by atoms with Crippen molar-refractivity contribution in [1.29, 1.82) is 0 Å². The smallest absolute Gasteiger partial charge is 0.364 e. The Hall–Kier alpha value is -0.730. The summed E-state index contributed by atoms with van der Waals surface area (Å²) in [6.07, 6.45) is -2.58. The third kappa shape index (κ3) is 2.02. The number of methoxy groups -OCH3 is 1. The molecule has 6 atom stereocenters. The lowest BCUT2D eigenvalue weighted by Crippen LogP contribution is -2.57. The van der Waals surface area contributed by atoms with E-state index in [4.69, 9.17) is 24.1 Å². The van der Waals surface area contributed by atoms with Gasteiger partial charge in [-0.3, -0.25) is 0 Å². The van der Waals surface area contributed by atoms with Crippen molar-refractivity contribution in [3.05, 3.63) is 0 Å². The van der Waals surface area contributed by atoms with Crippen molar-refractivity contribution in [3.8, 4) is 0 Å². The summed E-state index contributed by atoms with van der Waals surface area (Å²) in [4.78, 5) is 11.1. The average Bonchev–Trinajstić information content (AvgIpc) is 2.68. The van der Waals surface area contributed by atoms with Gasteiger partial charge in [0.2, 0.25) is 0 Å². The van der Waals surface area contributed by atoms with Crippen LogP contribution in [0, 0.1) is 0 Å². The van der Waals surface area contributed by atoms with E-state index in [9.17, 15) is 9.90 Å². The first-order valence-corrected chi connectivity index (χ1v) is 5.81. The molecular weight excluding hydrogens is 244 g/mol. The summed E-state index contributed by atoms with van der Waals surface area (Å²) in [6.45, 7) is 2.88. The van der Waals surface area contributed by atoms with Crippen molar-refractivity contribution in [2.24, 2.45) is 0 Å². The Morgan fingerprint density at radius 2 is 2.00 bits per heavy atom. The van der Waals surface area contributed by atoms with Crippen LogP contribution in [0.5, 0.6) is 0 Å². The van der Waals surface area contributed by atoms with Gasteiger partial charge in [-0.2, -0.15) is 0 Å². The topological polar surface area (TPSA) is 94.5 Å². The molecule has 18 heavy (non-hydrogen) atoms. The number of hydrogen-bond donors (Lipinski definition) is 2. The van der Waals surface area contributed by atoms with E-state index in [1.54, 1.807) is 6.92 Å². The van der Waals surface area contributed by atoms with Crippen LogP contribution in [0.2, 0.25) is 0 Å². The van der Waals surface area contributed by atoms with Crippen LogP contribution in [0.4, 0.5) is 0 Å². The minimum atomic E-state index is -1.70. The summed E-state index contributed by atoms with van der Waals surface area (Å²) in [5.74, 6) is -2.90. The van der Waals surface area contributed by atoms with Crippen molar-refractivity contribution in [2.75, 3.05) is 13.7 Å². The molecule has 7 nitrogen and oxygen atoms in total. The van der Waals surface area contributed by atoms with E-state index < -0.39 is 36.2 Å². The van der Waals surface area contributed by atoms with Crippen LogP contribution in [0.15, 0.2) is 0 Å². The fourth-order valence-corrected chi connectivity index (χ4v) is 2.47. The largest absolute Gasteiger partial charge is 0.477 e. The fourth-order valence-electron chi connectivity index (χ4n) is 2.47. The molecule has 0 aromatic heterocycles. The molecule has 2 aliphatic rings. The van der Waals surface area contributed by atoms with Gasteiger partial charge in [-0.1, -0.05) is 0 Å². The van der Waals surface area contributed by atoms with Crippen molar-refractivity contribution >= 4 is 5.97 Å². The zero-order chi connectivity index (χ0) is 13.5. The van der Waals surface area contributed by atoms with E-state index in [1.165, 1.54) is 14.0 Å². The van der Waals surface area contributed by atoms with Crippen LogP contribution in [-0.4, -0.2) is 66.2 Å². The summed E-state index contributed by atoms with van der Waals surface area (Å²) < 4.78 is 21.7. The maximum Gasteiger partial charge on any atom is 0.364 e. The van der Waals surface area contributed by atoms with Crippen LogP contribution < -0.4 is 0 Å². The lowest BCUT2D eigenvalue weighted by molar-refractivity contribution is -0.206. The molecule has 0 bridgehead atoms. The van der Waals surface area contributed by atoms with Gasteiger partial charge in [-0.05, 0) is 6.92 Å². The number of aliphatic hydroxyl groups excluding tert-OH is 1. The van der Waals surface area contributed by atoms with Gasteiger partial charge in [0.1, 0.15) is 24.4 Å². The lowest BCUT2D eigenvalue weighted by atomic mass is 9.96. The summed E-state index contributed by atoms with van der Waals surface area (Å²) >= 11 is 0. The van der Waals surface area contributed by atoms with Crippen molar-refractivity contribution in [2.45, 2.75) is 50.2 Å². The van der Waals surface area contributed by atoms with E-state index >= 15 is 0 Å². The number of fused-ring (bicyclic) bond motifs is 1. The highest BCUT2D eigenvalue weighted by Gasteiger charge is 2.58. The second-order valence-electron chi connectivity index (χ2n) is 4.68. The molecule has 2 saturated heterocycles. The van der Waals surface area contributed by atoms with E-state index in [-0.39, 0.29) is 12.7 Å². The number of ether oxygens (including phenoxy) is 4. The molecule has 0 spiro atoms. The van der Waals surface area contributed by atoms with E-state index in [0.29, 0.717) is 0 Å². The molecule has 2 rings (SSSR count). The highest BCUT2D eigenvalue weighted by molar-refractivity contribution is 5.75. The number of rotatable bonds is 3. The molecule has 2 fully saturated rings. The van der Waals surface area contributed by atoms with Crippen molar-refractivity contribution < 1.29 is 34.0 Å². The maximum atomic E-state index is 11.1. The van der Waals surface area contributed by atoms with Crippen LogP contribution in [0.25, 0.3) is 0 Å². The summed E-state index contributed by atoms with van der Waals surface area (Å²) in [5, 5.41) is 18.4. The molecule has 2 N–H and O–H groups in total. The molecule has 0 saturated carbocycles. The monoisotopic (exact) mass is 262 g/mol. The molecule has 2 aliphatic heterocycles. The number of carbonyl (C=O) groups is 1. The molecule has 104 valence electrons. The number of aliphatic hydroxyl groups is 1. The lowest BCUT2D eigenvalue weighted by Gasteiger charge is -2.39. The predicted octanol–water partition coefficient (Wildman–Crippen LogP) is -0.634. The number of carboxylic acid groups (broad SMARTS) is 1. The SMILES string of the molecule is COC1C(CO)O[C@H](C)C2O[C@@](C)(C(=O)O)OC12. The van der Waals surface area contributed by atoms with E-state index in [2.05, 4.69) is 0 Å². The summed E-state index contributed by atoms with van der Waals surface area (Å²) in [6, 6.07) is 0. The van der Waals surface area contributed by atoms with E-state index in [0.717, 1.165) is 0 Å². The Kier molecular flexibility index (Phi) is 3.61. The van der Waals surface area contributed by atoms with Gasteiger partial charge >= 0.3 is 5.97 Å². The van der Waals surface area contributed by atoms with Gasteiger partial charge in [-0.15, -0.1) is 0 Å². The molecule has 0 amide bonds. The Morgan fingerprint density at radius 3 is 2.50 bits per heavy atom. The minimum Gasteiger partial charge on any atom is -0.477 e. The third-order valence-corrected chi connectivity index (χ3v) is 3.43. The van der Waals surface area contributed by atoms with Crippen LogP contribution >= 0.6 is 0 Å². The third-order valence-electron chi connectivity index (χ3n) is 3.43. The molecule has 0 aromatic rings. The Morgan fingerprint density at radius 1 is 1.39 bits per heavy atom. The Balaban J connectivity index is 2.24. The molecule has 2 heterocycles. The van der Waals surface area contributed by atoms with E-state index in [1.807, 2.05) is 0 Å². The Bertz CT molecular complexity index is 333. The first kappa shape index (κ1) is 13.7. The Labute approximate surface area is 105 Å². The van der Waals surface area contributed by atoms with Gasteiger partial charge in [0.05, 0.1) is 12.7 Å². The highest BCUT2D eigenvalue weighted by atomic mass is 16.8. The second-order valence-corrected chi connectivity index (χ2v) is 4.68. The number of hydrogen-bond acceptors (Lipinski definition) is 6. The summed E-state index contributed by atoms with van der Waals surface area (Å²) in [7, 11) is 1.46. The zero-order valence-corrected chi connectivity index (χ0v) is 10.5. The molecule has 0 aromatic carbocycles. The van der Waals surface area contributed by atoms with Crippen LogP contribution in [0.1, 0.15) is 13.8 Å². The molecule has 0 aliphatic carbocycles. The number of aliphatic carboxylic acids is 1. The van der Waals surface area contributed by atoms with Crippen LogP contribution in [-0.2, 0) is 23.7 Å². The van der Waals surface area contributed by atoms with Gasteiger partial charge in [-0.25, -0.2) is 4.79 Å². The predicted molar refractivity (Wildman–Crippen MR) is 58.0 cm³/mol. The molecule has 0 radical (unpaired) electrons. The first-order chi connectivity index (χ1) is 8.42. The summed E-state index contributed by atoms with van der Waals surface area (Å²) in [5.41, 5.74) is 0. The van der Waals surface area contributed by atoms with Crippen molar-refractivity contribution in [1.82, 2.24) is 0 Å². The van der Waals surface area contributed by atoms with Crippen molar-refractivity contribution in [3.63, 3.8) is 0 Å². The maximum absolute atomic E-state index is 11.1. The highest BCUT2D eigenvalue weighted by Crippen LogP contribution is 2.38. The van der Waals surface area contributed by atoms with Gasteiger partial charge in [0.15, 0.2) is 0 Å². The van der Waals surface area contributed by atoms with Gasteiger partial charge < -0.3 is 29.2 Å². The normalized spacial score (nSPS) is 47.9. The second kappa shape index (κ2) is 4.75. The quantitative estimate of drug-likeness (QED) is 0.699. The molecular formula is C11H18O7. The van der Waals surface area contributed by atoms with Gasteiger partial charge in [0, 0.05) is 14.0 Å². The minimum absolute atomic E-state index is 0.223. The fraction of sp³-hybridized carbons (Fsp3) is 0.909. The van der Waals surface area contributed by atoms with Gasteiger partial charge in [0.25, 0.3) is 5.79 Å². The average molecular weight is 262 g/mol. The van der Waals surface area contributed by atoms with Crippen LogP contribution in [0.3, 0.4) is 0 Å². The molecule has 7 heteroatoms. The first-order valence-electron chi connectivity index (χ1n) is 5.81. The number of carboxylic acids is 1.